The van der Waals surface area contributed by atoms with Gasteiger partial charge in [-0.1, -0.05) is 38.4 Å². The summed E-state index contributed by atoms with van der Waals surface area (Å²) in [6.07, 6.45) is 0. The monoisotopic (exact) mass is 403 g/mol. The maximum atomic E-state index is 12.3. The van der Waals surface area contributed by atoms with Gasteiger partial charge in [0.15, 0.2) is 5.78 Å². The van der Waals surface area contributed by atoms with Gasteiger partial charge < -0.3 is 10.1 Å². The van der Waals surface area contributed by atoms with Crippen LogP contribution in [0.15, 0.2) is 24.3 Å². The first-order chi connectivity index (χ1) is 10.5. The van der Waals surface area contributed by atoms with Crippen molar-refractivity contribution in [1.29, 1.82) is 0 Å². The van der Waals surface area contributed by atoms with E-state index in [2.05, 4.69) is 21.2 Å². The number of benzene rings is 1. The lowest BCUT2D eigenvalue weighted by Gasteiger charge is -2.26. The summed E-state index contributed by atoms with van der Waals surface area (Å²) in [7, 11) is 0. The Bertz CT molecular complexity index is 623. The zero-order valence-corrected chi connectivity index (χ0v) is 15.7. The maximum Gasteiger partial charge on any atom is 0.338 e. The van der Waals surface area contributed by atoms with E-state index < -0.39 is 26.9 Å². The Balaban J connectivity index is 2.95. The standard InChI is InChI=1S/C16H19BrClNO4/c1-5-23-12(20)10-7-6-8-11(9-10)19-14(22)16(17,18)13(21)15(2,3)4/h6-9H,5H2,1-4H3,(H,19,22). The highest BCUT2D eigenvalue weighted by Crippen LogP contribution is 2.34. The average Bonchev–Trinajstić information content (AvgIpc) is 2.46. The number of hydrogen-bond acceptors (Lipinski definition) is 4. The van der Waals surface area contributed by atoms with Crippen LogP contribution in [0.5, 0.6) is 0 Å². The molecule has 0 aromatic heterocycles. The molecule has 0 fully saturated rings. The van der Waals surface area contributed by atoms with Crippen LogP contribution >= 0.6 is 27.5 Å². The average molecular weight is 405 g/mol. The molecule has 1 N–H and O–H groups in total. The Kier molecular flexibility index (Phi) is 6.36. The van der Waals surface area contributed by atoms with Crippen LogP contribution in [0.4, 0.5) is 5.69 Å². The van der Waals surface area contributed by atoms with Gasteiger partial charge in [-0.15, -0.1) is 0 Å². The molecule has 1 rings (SSSR count). The van der Waals surface area contributed by atoms with Gasteiger partial charge in [0.1, 0.15) is 0 Å². The lowest BCUT2D eigenvalue weighted by atomic mass is 9.88. The van der Waals surface area contributed by atoms with Crippen molar-refractivity contribution in [1.82, 2.24) is 0 Å². The van der Waals surface area contributed by atoms with Gasteiger partial charge in [0.05, 0.1) is 12.2 Å². The molecule has 0 saturated heterocycles. The third-order valence-corrected chi connectivity index (χ3v) is 3.95. The van der Waals surface area contributed by atoms with E-state index in [-0.39, 0.29) is 6.61 Å². The number of alkyl halides is 2. The quantitative estimate of drug-likeness (QED) is 0.461. The molecule has 1 unspecified atom stereocenters. The Hall–Kier alpha value is -1.40. The molecule has 0 spiro atoms. The van der Waals surface area contributed by atoms with Crippen molar-refractivity contribution >= 4 is 50.9 Å². The van der Waals surface area contributed by atoms with Crippen molar-refractivity contribution < 1.29 is 19.1 Å². The molecule has 5 nitrogen and oxygen atoms in total. The number of carbonyl (C=O) groups excluding carboxylic acids is 3. The van der Waals surface area contributed by atoms with Crippen molar-refractivity contribution in [3.05, 3.63) is 29.8 Å². The van der Waals surface area contributed by atoms with Gasteiger partial charge >= 0.3 is 5.97 Å². The summed E-state index contributed by atoms with van der Waals surface area (Å²) < 4.78 is 3.01. The van der Waals surface area contributed by atoms with Crippen LogP contribution < -0.4 is 5.32 Å². The SMILES string of the molecule is CCOC(=O)c1cccc(NC(=O)C(Cl)(Br)C(=O)C(C)(C)C)c1. The van der Waals surface area contributed by atoms with Gasteiger partial charge in [-0.25, -0.2) is 4.79 Å². The van der Waals surface area contributed by atoms with Gasteiger partial charge in [-0.3, -0.25) is 9.59 Å². The number of halogens is 2. The van der Waals surface area contributed by atoms with Crippen LogP contribution in [0.1, 0.15) is 38.1 Å². The first kappa shape index (κ1) is 19.6. The fraction of sp³-hybridized carbons (Fsp3) is 0.438. The molecule has 0 aliphatic carbocycles. The summed E-state index contributed by atoms with van der Waals surface area (Å²) in [5.74, 6) is -1.68. The fourth-order valence-corrected chi connectivity index (χ4v) is 2.75. The number of Topliss-reactive ketones (excluding diaryl/α,β-unsaturated/α-hetero) is 1. The number of carbonyl (C=O) groups is 3. The van der Waals surface area contributed by atoms with Crippen molar-refractivity contribution in [3.8, 4) is 0 Å². The van der Waals surface area contributed by atoms with E-state index in [0.29, 0.717) is 11.3 Å². The number of rotatable bonds is 5. The zero-order chi connectivity index (χ0) is 17.8. The van der Waals surface area contributed by atoms with Crippen LogP contribution in [-0.4, -0.2) is 28.1 Å². The fourth-order valence-electron chi connectivity index (χ4n) is 1.72. The van der Waals surface area contributed by atoms with Crippen molar-refractivity contribution in [2.75, 3.05) is 11.9 Å². The highest BCUT2D eigenvalue weighted by molar-refractivity contribution is 9.11. The number of hydrogen-bond donors (Lipinski definition) is 1. The Morgan fingerprint density at radius 3 is 2.39 bits per heavy atom. The van der Waals surface area contributed by atoms with Gasteiger partial charge in [0.2, 0.25) is 3.78 Å². The summed E-state index contributed by atoms with van der Waals surface area (Å²) in [6.45, 7) is 6.96. The van der Waals surface area contributed by atoms with Crippen LogP contribution in [0.3, 0.4) is 0 Å². The maximum absolute atomic E-state index is 12.3. The zero-order valence-electron chi connectivity index (χ0n) is 13.4. The molecular weight excluding hydrogens is 386 g/mol. The number of amides is 1. The van der Waals surface area contributed by atoms with Gasteiger partial charge in [0.25, 0.3) is 5.91 Å². The second-order valence-electron chi connectivity index (χ2n) is 5.91. The largest absolute Gasteiger partial charge is 0.462 e. The predicted molar refractivity (Wildman–Crippen MR) is 93.0 cm³/mol. The number of ketones is 1. The number of esters is 1. The lowest BCUT2D eigenvalue weighted by molar-refractivity contribution is -0.131. The Labute approximate surface area is 148 Å². The summed E-state index contributed by atoms with van der Waals surface area (Å²) in [6, 6.07) is 6.20. The number of nitrogens with one attached hydrogen (secondary N) is 1. The molecule has 126 valence electrons. The van der Waals surface area contributed by atoms with Crippen LogP contribution in [-0.2, 0) is 14.3 Å². The lowest BCUT2D eigenvalue weighted by Crippen LogP contribution is -2.45. The summed E-state index contributed by atoms with van der Waals surface area (Å²) >= 11 is 9.08. The first-order valence-corrected chi connectivity index (χ1v) is 8.18. The molecule has 0 saturated carbocycles. The third kappa shape index (κ3) is 5.04. The summed E-state index contributed by atoms with van der Waals surface area (Å²) in [5, 5.41) is 2.53. The summed E-state index contributed by atoms with van der Waals surface area (Å²) in [5.41, 5.74) is -0.164. The molecule has 1 amide bonds. The van der Waals surface area contributed by atoms with E-state index >= 15 is 0 Å². The van der Waals surface area contributed by atoms with E-state index in [1.807, 2.05) is 0 Å². The van der Waals surface area contributed by atoms with E-state index in [9.17, 15) is 14.4 Å². The van der Waals surface area contributed by atoms with Crippen LogP contribution in [0.2, 0.25) is 0 Å². The second kappa shape index (κ2) is 7.45. The highest BCUT2D eigenvalue weighted by atomic mass is 79.9. The van der Waals surface area contributed by atoms with E-state index in [1.54, 1.807) is 45.9 Å². The molecule has 0 aliphatic rings. The van der Waals surface area contributed by atoms with Crippen molar-refractivity contribution in [2.24, 2.45) is 5.41 Å². The molecule has 23 heavy (non-hydrogen) atoms. The number of anilines is 1. The minimum absolute atomic E-state index is 0.252. The number of ether oxygens (including phenoxy) is 1. The van der Waals surface area contributed by atoms with Crippen LogP contribution in [0.25, 0.3) is 0 Å². The Morgan fingerprint density at radius 1 is 1.26 bits per heavy atom. The molecular formula is C16H19BrClNO4. The smallest absolute Gasteiger partial charge is 0.338 e. The molecule has 0 heterocycles. The van der Waals surface area contributed by atoms with Gasteiger partial charge in [0, 0.05) is 11.1 Å². The second-order valence-corrected chi connectivity index (χ2v) is 8.12. The highest BCUT2D eigenvalue weighted by Gasteiger charge is 2.46. The van der Waals surface area contributed by atoms with Crippen molar-refractivity contribution in [3.63, 3.8) is 0 Å². The molecule has 0 aliphatic heterocycles. The van der Waals surface area contributed by atoms with Crippen molar-refractivity contribution in [2.45, 2.75) is 31.5 Å². The minimum Gasteiger partial charge on any atom is -0.462 e. The molecule has 1 aromatic carbocycles. The predicted octanol–water partition coefficient (Wildman–Crippen LogP) is 3.75. The molecule has 7 heteroatoms. The molecule has 1 aromatic rings. The minimum atomic E-state index is -1.88. The molecule has 1 atom stereocenters. The van der Waals surface area contributed by atoms with Gasteiger partial charge in [-0.05, 0) is 41.1 Å². The first-order valence-electron chi connectivity index (χ1n) is 7.01. The third-order valence-electron chi connectivity index (χ3n) is 2.88. The van der Waals surface area contributed by atoms with Gasteiger partial charge in [-0.2, -0.15) is 0 Å². The van der Waals surface area contributed by atoms with E-state index in [1.165, 1.54) is 6.07 Å². The normalized spacial score (nSPS) is 13.8. The van der Waals surface area contributed by atoms with E-state index in [0.717, 1.165) is 0 Å². The van der Waals surface area contributed by atoms with E-state index in [4.69, 9.17) is 16.3 Å². The molecule has 0 radical (unpaired) electrons. The van der Waals surface area contributed by atoms with Crippen LogP contribution in [0, 0.1) is 5.41 Å². The Morgan fingerprint density at radius 2 is 1.87 bits per heavy atom. The molecule has 0 bridgehead atoms. The topological polar surface area (TPSA) is 72.5 Å². The summed E-state index contributed by atoms with van der Waals surface area (Å²) in [4.78, 5) is 36.3.